The predicted octanol–water partition coefficient (Wildman–Crippen LogP) is 10.5. The minimum atomic E-state index is 0.202. The fourth-order valence-electron chi connectivity index (χ4n) is 4.27. The van der Waals surface area contributed by atoms with Crippen molar-refractivity contribution in [1.29, 1.82) is 0 Å². The van der Waals surface area contributed by atoms with Crippen LogP contribution in [-0.4, -0.2) is 27.1 Å². The normalized spacial score (nSPS) is 12.0. The molecule has 0 aromatic rings. The quantitative estimate of drug-likeness (QED) is 0.0583. The van der Waals surface area contributed by atoms with E-state index in [2.05, 4.69) is 20.8 Å². The molecule has 4 nitrogen and oxygen atoms in total. The van der Waals surface area contributed by atoms with E-state index in [4.69, 9.17) is 18.9 Å². The molecule has 0 atom stereocenters. The van der Waals surface area contributed by atoms with Gasteiger partial charge in [-0.2, -0.15) is 0 Å². The van der Waals surface area contributed by atoms with Gasteiger partial charge in [0.25, 0.3) is 0 Å². The summed E-state index contributed by atoms with van der Waals surface area (Å²) < 4.78 is 23.4. The summed E-state index contributed by atoms with van der Waals surface area (Å²) in [4.78, 5) is 0. The summed E-state index contributed by atoms with van der Waals surface area (Å²) >= 11 is 0. The van der Waals surface area contributed by atoms with Crippen LogP contribution in [0.2, 0.25) is 0 Å². The van der Waals surface area contributed by atoms with Crippen molar-refractivity contribution in [2.45, 2.75) is 162 Å². The summed E-state index contributed by atoms with van der Waals surface area (Å²) in [6.07, 6.45) is 27.9. The highest BCUT2D eigenvalue weighted by molar-refractivity contribution is 4.95. The molecule has 0 aromatic heterocycles. The molecule has 0 bridgehead atoms. The van der Waals surface area contributed by atoms with Gasteiger partial charge in [0, 0.05) is 13.5 Å². The lowest BCUT2D eigenvalue weighted by Gasteiger charge is -2.17. The number of methoxy groups -OCH3 is 1. The van der Waals surface area contributed by atoms with Gasteiger partial charge < -0.3 is 18.9 Å². The maximum atomic E-state index is 6.26. The molecule has 35 heavy (non-hydrogen) atoms. The van der Waals surface area contributed by atoms with Crippen LogP contribution in [0.15, 0.2) is 11.7 Å². The highest BCUT2D eigenvalue weighted by Gasteiger charge is 2.13. The molecule has 0 aliphatic carbocycles. The van der Waals surface area contributed by atoms with Gasteiger partial charge in [-0.1, -0.05) is 136 Å². The average Bonchev–Trinajstić information content (AvgIpc) is 2.87. The number of hydrogen-bond donors (Lipinski definition) is 0. The highest BCUT2D eigenvalue weighted by Crippen LogP contribution is 2.20. The number of rotatable bonds is 29. The van der Waals surface area contributed by atoms with E-state index in [0.29, 0.717) is 12.6 Å². The van der Waals surface area contributed by atoms with Crippen molar-refractivity contribution < 1.29 is 18.9 Å². The predicted molar refractivity (Wildman–Crippen MR) is 150 cm³/mol. The minimum absolute atomic E-state index is 0.202. The molecule has 0 aliphatic heterocycles. The van der Waals surface area contributed by atoms with Crippen LogP contribution < -0.4 is 0 Å². The fraction of sp³-hybridized carbons (Fsp3) is 0.935. The van der Waals surface area contributed by atoms with Gasteiger partial charge in [0.05, 0.1) is 13.2 Å². The van der Waals surface area contributed by atoms with Gasteiger partial charge in [-0.05, 0) is 19.3 Å². The fourth-order valence-corrected chi connectivity index (χ4v) is 4.27. The summed E-state index contributed by atoms with van der Waals surface area (Å²) in [7, 11) is 1.66. The van der Waals surface area contributed by atoms with E-state index in [1.165, 1.54) is 116 Å². The average molecular weight is 499 g/mol. The first-order valence-electron chi connectivity index (χ1n) is 15.4. The Labute approximate surface area is 219 Å². The van der Waals surface area contributed by atoms with Crippen molar-refractivity contribution in [3.8, 4) is 0 Å². The van der Waals surface area contributed by atoms with Crippen molar-refractivity contribution in [3.63, 3.8) is 0 Å². The Kier molecular flexibility index (Phi) is 28.6. The molecule has 0 N–H and O–H groups in total. The molecule has 0 aliphatic rings. The maximum Gasteiger partial charge on any atom is 0.321 e. The zero-order chi connectivity index (χ0) is 25.7. The standard InChI is InChI=1S/C31H62O4/c1-5-8-11-14-17-18-19-20-23-26-30(33-27-24-21-15-12-9-6-2)31(35-29-32-4)34-28-25-22-16-13-10-7-3/h5-29H2,1-4H3. The van der Waals surface area contributed by atoms with Crippen LogP contribution in [0.5, 0.6) is 0 Å². The lowest BCUT2D eigenvalue weighted by atomic mass is 10.1. The number of unbranched alkanes of at least 4 members (excludes halogenated alkanes) is 18. The summed E-state index contributed by atoms with van der Waals surface area (Å²) in [5, 5.41) is 0. The lowest BCUT2D eigenvalue weighted by Crippen LogP contribution is -2.09. The van der Waals surface area contributed by atoms with Crippen LogP contribution in [0.1, 0.15) is 162 Å². The topological polar surface area (TPSA) is 36.9 Å². The third-order valence-corrected chi connectivity index (χ3v) is 6.55. The molecule has 0 amide bonds. The van der Waals surface area contributed by atoms with Gasteiger partial charge in [0.1, 0.15) is 0 Å². The Morgan fingerprint density at radius 2 is 0.829 bits per heavy atom. The molecule has 0 saturated carbocycles. The number of ether oxygens (including phenoxy) is 4. The van der Waals surface area contributed by atoms with E-state index in [1.807, 2.05) is 0 Å². The van der Waals surface area contributed by atoms with E-state index in [0.717, 1.165) is 38.0 Å². The largest absolute Gasteiger partial charge is 0.491 e. The molecule has 0 heterocycles. The SMILES string of the molecule is CCCCCCCCCCCC(OCCCCCCCC)=C(OCCCCCCCC)OCOC. The summed E-state index contributed by atoms with van der Waals surface area (Å²) in [6.45, 7) is 8.44. The molecule has 210 valence electrons. The molecular weight excluding hydrogens is 436 g/mol. The van der Waals surface area contributed by atoms with Crippen LogP contribution in [0.3, 0.4) is 0 Å². The zero-order valence-corrected chi connectivity index (χ0v) is 24.3. The van der Waals surface area contributed by atoms with Gasteiger partial charge in [-0.3, -0.25) is 0 Å². The molecule has 0 spiro atoms. The molecule has 0 rings (SSSR count). The van der Waals surface area contributed by atoms with E-state index >= 15 is 0 Å². The third-order valence-electron chi connectivity index (χ3n) is 6.55. The van der Waals surface area contributed by atoms with Gasteiger partial charge in [-0.15, -0.1) is 0 Å². The second-order valence-electron chi connectivity index (χ2n) is 10.1. The summed E-state index contributed by atoms with van der Waals surface area (Å²) in [5.74, 6) is 1.45. The Morgan fingerprint density at radius 3 is 1.29 bits per heavy atom. The monoisotopic (exact) mass is 498 g/mol. The van der Waals surface area contributed by atoms with E-state index in [9.17, 15) is 0 Å². The lowest BCUT2D eigenvalue weighted by molar-refractivity contribution is -0.0692. The van der Waals surface area contributed by atoms with E-state index in [-0.39, 0.29) is 6.79 Å². The summed E-state index contributed by atoms with van der Waals surface area (Å²) in [6, 6.07) is 0. The van der Waals surface area contributed by atoms with Crippen LogP contribution in [-0.2, 0) is 18.9 Å². The number of allylic oxidation sites excluding steroid dienone is 1. The molecule has 0 fully saturated rings. The Balaban J connectivity index is 4.59. The molecule has 0 unspecified atom stereocenters. The molecule has 0 aromatic carbocycles. The Morgan fingerprint density at radius 1 is 0.429 bits per heavy atom. The van der Waals surface area contributed by atoms with E-state index in [1.54, 1.807) is 7.11 Å². The van der Waals surface area contributed by atoms with E-state index < -0.39 is 0 Å². The van der Waals surface area contributed by atoms with Crippen LogP contribution in [0.25, 0.3) is 0 Å². The second-order valence-corrected chi connectivity index (χ2v) is 10.1. The first kappa shape index (κ1) is 34.1. The molecule has 0 radical (unpaired) electrons. The van der Waals surface area contributed by atoms with Crippen molar-refractivity contribution in [3.05, 3.63) is 11.7 Å². The van der Waals surface area contributed by atoms with Gasteiger partial charge in [0.2, 0.25) is 0 Å². The van der Waals surface area contributed by atoms with Crippen LogP contribution >= 0.6 is 0 Å². The minimum Gasteiger partial charge on any atom is -0.491 e. The van der Waals surface area contributed by atoms with Crippen LogP contribution in [0.4, 0.5) is 0 Å². The highest BCUT2D eigenvalue weighted by atomic mass is 16.7. The maximum absolute atomic E-state index is 6.26. The van der Waals surface area contributed by atoms with Crippen molar-refractivity contribution in [2.24, 2.45) is 0 Å². The van der Waals surface area contributed by atoms with Gasteiger partial charge in [0.15, 0.2) is 12.6 Å². The van der Waals surface area contributed by atoms with Crippen molar-refractivity contribution >= 4 is 0 Å². The second kappa shape index (κ2) is 29.3. The van der Waals surface area contributed by atoms with Crippen molar-refractivity contribution in [1.82, 2.24) is 0 Å². The first-order valence-corrected chi connectivity index (χ1v) is 15.4. The smallest absolute Gasteiger partial charge is 0.321 e. The Bertz CT molecular complexity index is 436. The summed E-state index contributed by atoms with van der Waals surface area (Å²) in [5.41, 5.74) is 0. The molecule has 0 saturated heterocycles. The van der Waals surface area contributed by atoms with Gasteiger partial charge in [-0.25, -0.2) is 0 Å². The van der Waals surface area contributed by atoms with Crippen LogP contribution in [0, 0.1) is 0 Å². The molecular formula is C31H62O4. The zero-order valence-electron chi connectivity index (χ0n) is 24.3. The third kappa shape index (κ3) is 24.6. The Hall–Kier alpha value is -0.900. The van der Waals surface area contributed by atoms with Gasteiger partial charge >= 0.3 is 5.95 Å². The van der Waals surface area contributed by atoms with Crippen molar-refractivity contribution in [2.75, 3.05) is 27.1 Å². The first-order chi connectivity index (χ1) is 17.3. The molecule has 4 heteroatoms. The number of hydrogen-bond acceptors (Lipinski definition) is 4.